The van der Waals surface area contributed by atoms with Gasteiger partial charge in [0.1, 0.15) is 5.82 Å². The third-order valence-corrected chi connectivity index (χ3v) is 3.86. The highest BCUT2D eigenvalue weighted by atomic mass is 32.1. The Bertz CT molecular complexity index is 700. The summed E-state index contributed by atoms with van der Waals surface area (Å²) in [7, 11) is 1.86. The van der Waals surface area contributed by atoms with Crippen LogP contribution in [-0.2, 0) is 6.54 Å². The average molecular weight is 273 g/mol. The third kappa shape index (κ3) is 2.39. The summed E-state index contributed by atoms with van der Waals surface area (Å²) >= 11 is 1.79. The topological polar surface area (TPSA) is 54.2 Å². The van der Waals surface area contributed by atoms with Crippen LogP contribution in [0.4, 0.5) is 11.6 Å². The number of thiophene rings is 1. The first-order valence-electron chi connectivity index (χ1n) is 6.07. The van der Waals surface area contributed by atoms with Crippen molar-refractivity contribution in [2.45, 2.75) is 13.5 Å². The first-order valence-corrected chi connectivity index (χ1v) is 6.88. The number of hydrogen-bond donors (Lipinski definition) is 2. The minimum absolute atomic E-state index is 0.765. The van der Waals surface area contributed by atoms with E-state index in [-0.39, 0.29) is 0 Å². The average Bonchev–Trinajstić information content (AvgIpc) is 3.04. The van der Waals surface area contributed by atoms with Crippen molar-refractivity contribution in [3.63, 3.8) is 0 Å². The number of nitrogens with one attached hydrogen (secondary N) is 2. The fourth-order valence-electron chi connectivity index (χ4n) is 1.92. The second-order valence-corrected chi connectivity index (χ2v) is 5.62. The lowest BCUT2D eigenvalue weighted by molar-refractivity contribution is 1.08. The molecule has 5 nitrogen and oxygen atoms in total. The van der Waals surface area contributed by atoms with Crippen LogP contribution in [0.3, 0.4) is 0 Å². The lowest BCUT2D eigenvalue weighted by atomic mass is 10.4. The quantitative estimate of drug-likeness (QED) is 0.767. The van der Waals surface area contributed by atoms with E-state index in [1.54, 1.807) is 17.5 Å². The number of aryl methyl sites for hydroxylation is 1. The van der Waals surface area contributed by atoms with Crippen molar-refractivity contribution >= 4 is 28.6 Å². The van der Waals surface area contributed by atoms with E-state index in [2.05, 4.69) is 39.7 Å². The molecule has 0 aliphatic carbocycles. The molecule has 98 valence electrons. The zero-order valence-electron chi connectivity index (χ0n) is 10.8. The molecule has 2 N–H and O–H groups in total. The van der Waals surface area contributed by atoms with E-state index in [0.29, 0.717) is 0 Å². The van der Waals surface area contributed by atoms with Gasteiger partial charge in [-0.15, -0.1) is 11.3 Å². The van der Waals surface area contributed by atoms with Crippen LogP contribution in [-0.4, -0.2) is 21.4 Å². The maximum Gasteiger partial charge on any atom is 0.180 e. The van der Waals surface area contributed by atoms with Gasteiger partial charge in [0, 0.05) is 29.2 Å². The molecule has 0 saturated heterocycles. The number of imidazole rings is 1. The Morgan fingerprint density at radius 2 is 2.26 bits per heavy atom. The summed E-state index contributed by atoms with van der Waals surface area (Å²) in [5.74, 6) is 1.61. The molecule has 0 amide bonds. The first kappa shape index (κ1) is 12.0. The van der Waals surface area contributed by atoms with Crippen LogP contribution in [0.5, 0.6) is 0 Å². The largest absolute Gasteiger partial charge is 0.372 e. The minimum Gasteiger partial charge on any atom is -0.372 e. The van der Waals surface area contributed by atoms with Gasteiger partial charge in [-0.3, -0.25) is 0 Å². The van der Waals surface area contributed by atoms with Crippen molar-refractivity contribution < 1.29 is 0 Å². The van der Waals surface area contributed by atoms with E-state index in [1.165, 1.54) is 9.75 Å². The number of rotatable bonds is 4. The van der Waals surface area contributed by atoms with E-state index in [4.69, 9.17) is 0 Å². The van der Waals surface area contributed by atoms with Gasteiger partial charge in [-0.1, -0.05) is 0 Å². The molecule has 3 heterocycles. The number of aromatic nitrogens is 3. The van der Waals surface area contributed by atoms with E-state index in [0.717, 1.165) is 23.8 Å². The summed E-state index contributed by atoms with van der Waals surface area (Å²) in [4.78, 5) is 11.4. The molecule has 0 aliphatic rings. The third-order valence-electron chi connectivity index (χ3n) is 2.86. The van der Waals surface area contributed by atoms with E-state index >= 15 is 0 Å². The molecule has 19 heavy (non-hydrogen) atoms. The Labute approximate surface area is 115 Å². The number of anilines is 2. The smallest absolute Gasteiger partial charge is 0.180 e. The fourth-order valence-corrected chi connectivity index (χ4v) is 2.75. The molecule has 0 atom stereocenters. The van der Waals surface area contributed by atoms with Crippen molar-refractivity contribution in [1.82, 2.24) is 14.4 Å². The molecule has 0 aromatic carbocycles. The molecule has 0 fully saturated rings. The van der Waals surface area contributed by atoms with Gasteiger partial charge in [0.15, 0.2) is 11.5 Å². The van der Waals surface area contributed by atoms with Crippen LogP contribution >= 0.6 is 11.3 Å². The second-order valence-electron chi connectivity index (χ2n) is 4.25. The Morgan fingerprint density at radius 1 is 1.37 bits per heavy atom. The van der Waals surface area contributed by atoms with Gasteiger partial charge in [0.05, 0.1) is 12.7 Å². The molecule has 3 aromatic heterocycles. The monoisotopic (exact) mass is 273 g/mol. The summed E-state index contributed by atoms with van der Waals surface area (Å²) in [6.07, 6.45) is 5.61. The Kier molecular flexibility index (Phi) is 3.08. The standard InChI is InChI=1S/C13H15N5S/c1-9-3-4-10(19-9)7-16-12-13-15-5-6-18(13)8-11(14-2)17-12/h3-6,8,14H,7H2,1-2H3,(H,16,17). The Hall–Kier alpha value is -2.08. The van der Waals surface area contributed by atoms with E-state index in [9.17, 15) is 0 Å². The van der Waals surface area contributed by atoms with Gasteiger partial charge in [-0.05, 0) is 19.1 Å². The highest BCUT2D eigenvalue weighted by molar-refractivity contribution is 7.11. The first-order chi connectivity index (χ1) is 9.26. The van der Waals surface area contributed by atoms with Crippen molar-refractivity contribution in [3.8, 4) is 0 Å². The predicted octanol–water partition coefficient (Wildman–Crippen LogP) is 2.75. The summed E-state index contributed by atoms with van der Waals surface area (Å²) in [5.41, 5.74) is 0.840. The van der Waals surface area contributed by atoms with Gasteiger partial charge in [-0.25, -0.2) is 9.97 Å². The van der Waals surface area contributed by atoms with Crippen molar-refractivity contribution in [1.29, 1.82) is 0 Å². The Morgan fingerprint density at radius 3 is 3.00 bits per heavy atom. The molecule has 0 saturated carbocycles. The number of fused-ring (bicyclic) bond motifs is 1. The van der Waals surface area contributed by atoms with Gasteiger partial charge in [-0.2, -0.15) is 0 Å². The molecule has 0 unspecified atom stereocenters. The summed E-state index contributed by atoms with van der Waals surface area (Å²) in [6, 6.07) is 4.27. The minimum atomic E-state index is 0.765. The van der Waals surface area contributed by atoms with Crippen molar-refractivity contribution in [2.24, 2.45) is 0 Å². The Balaban J connectivity index is 1.88. The zero-order valence-corrected chi connectivity index (χ0v) is 11.7. The molecule has 3 aromatic rings. The molecule has 0 radical (unpaired) electrons. The van der Waals surface area contributed by atoms with Gasteiger partial charge in [0.25, 0.3) is 0 Å². The van der Waals surface area contributed by atoms with Gasteiger partial charge < -0.3 is 15.0 Å². The fraction of sp³-hybridized carbons (Fsp3) is 0.231. The molecular weight excluding hydrogens is 258 g/mol. The highest BCUT2D eigenvalue weighted by Crippen LogP contribution is 2.19. The molecule has 0 spiro atoms. The normalized spacial score (nSPS) is 10.8. The van der Waals surface area contributed by atoms with Crippen LogP contribution < -0.4 is 10.6 Å². The lowest BCUT2D eigenvalue weighted by Gasteiger charge is -2.08. The van der Waals surface area contributed by atoms with Crippen molar-refractivity contribution in [3.05, 3.63) is 40.5 Å². The number of nitrogens with zero attached hydrogens (tertiary/aromatic N) is 3. The number of hydrogen-bond acceptors (Lipinski definition) is 5. The second kappa shape index (κ2) is 4.89. The van der Waals surface area contributed by atoms with Crippen LogP contribution in [0.1, 0.15) is 9.75 Å². The lowest BCUT2D eigenvalue weighted by Crippen LogP contribution is -2.05. The van der Waals surface area contributed by atoms with Crippen LogP contribution in [0.2, 0.25) is 0 Å². The zero-order chi connectivity index (χ0) is 13.2. The SMILES string of the molecule is CNc1cn2ccnc2c(NCc2ccc(C)s2)n1. The maximum absolute atomic E-state index is 4.51. The van der Waals surface area contributed by atoms with Gasteiger partial charge in [0.2, 0.25) is 0 Å². The molecule has 0 aliphatic heterocycles. The van der Waals surface area contributed by atoms with E-state index < -0.39 is 0 Å². The maximum atomic E-state index is 4.51. The van der Waals surface area contributed by atoms with Crippen LogP contribution in [0.25, 0.3) is 5.65 Å². The molecule has 3 rings (SSSR count). The predicted molar refractivity (Wildman–Crippen MR) is 78.9 cm³/mol. The molecular formula is C13H15N5S. The highest BCUT2D eigenvalue weighted by Gasteiger charge is 2.07. The van der Waals surface area contributed by atoms with Crippen molar-refractivity contribution in [2.75, 3.05) is 17.7 Å². The summed E-state index contributed by atoms with van der Waals surface area (Å²) < 4.78 is 1.96. The summed E-state index contributed by atoms with van der Waals surface area (Å²) in [5, 5.41) is 6.41. The molecule has 6 heteroatoms. The van der Waals surface area contributed by atoms with Crippen LogP contribution in [0.15, 0.2) is 30.7 Å². The summed E-state index contributed by atoms with van der Waals surface area (Å²) in [6.45, 7) is 2.88. The van der Waals surface area contributed by atoms with E-state index in [1.807, 2.05) is 23.8 Å². The molecule has 0 bridgehead atoms. The van der Waals surface area contributed by atoms with Crippen LogP contribution in [0, 0.1) is 6.92 Å². The van der Waals surface area contributed by atoms with Gasteiger partial charge >= 0.3 is 0 Å².